The summed E-state index contributed by atoms with van der Waals surface area (Å²) < 4.78 is 0. The fourth-order valence-electron chi connectivity index (χ4n) is 0. The van der Waals surface area contributed by atoms with Crippen LogP contribution in [-0.4, -0.2) is 44.7 Å². The second-order valence-corrected chi connectivity index (χ2v) is 0. The maximum Gasteiger partial charge on any atom is 3.00 e. The molecule has 0 atom stereocenters. The molecule has 0 aromatic heterocycles. The summed E-state index contributed by atoms with van der Waals surface area (Å²) in [6.07, 6.45) is 0. The van der Waals surface area contributed by atoms with E-state index in [1.807, 2.05) is 0 Å². The first-order chi connectivity index (χ1) is 1.00. The van der Waals surface area contributed by atoms with Crippen molar-refractivity contribution in [2.24, 2.45) is 0 Å². The van der Waals surface area contributed by atoms with Crippen LogP contribution in [0.5, 0.6) is 0 Å². The zero-order valence-corrected chi connectivity index (χ0v) is 4.78. The van der Waals surface area contributed by atoms with E-state index in [-0.39, 0.29) is 42.3 Å². The van der Waals surface area contributed by atoms with Crippen LogP contribution in [0.4, 0.5) is 0 Å². The molecule has 0 saturated heterocycles. The molecule has 0 aromatic rings. The Bertz CT molecular complexity index is 14.9. The van der Waals surface area contributed by atoms with Crippen LogP contribution in [0, 0.1) is 5.41 Å². The van der Waals surface area contributed by atoms with Crippen molar-refractivity contribution in [2.45, 2.75) is 0 Å². The molecule has 19 valence electrons. The van der Waals surface area contributed by atoms with Gasteiger partial charge in [0.25, 0.3) is 0 Å². The topological polar surface area (TPSA) is 23.9 Å². The van der Waals surface area contributed by atoms with Crippen molar-refractivity contribution in [3.05, 3.63) is 0 Å². The predicted molar refractivity (Wildman–Crippen MR) is 24.7 cm³/mol. The normalized spacial score (nSPS) is 1.00. The number of hydrogen-bond acceptors (Lipinski definition) is 1. The van der Waals surface area contributed by atoms with Gasteiger partial charge in [-0.2, -0.15) is 0 Å². The zero-order valence-electron chi connectivity index (χ0n) is 5.78. The van der Waals surface area contributed by atoms with Crippen molar-refractivity contribution in [2.75, 3.05) is 0 Å². The van der Waals surface area contributed by atoms with Gasteiger partial charge in [0.15, 0.2) is 0 Å². The first-order valence-corrected chi connectivity index (χ1v) is 0.354. The van der Waals surface area contributed by atoms with Crippen molar-refractivity contribution in [3.63, 3.8) is 0 Å². The summed E-state index contributed by atoms with van der Waals surface area (Å²) in [4.78, 5) is 0. The van der Waals surface area contributed by atoms with Gasteiger partial charge in [0.2, 0.25) is 0 Å². The zero-order chi connectivity index (χ0) is 2.00. The van der Waals surface area contributed by atoms with E-state index in [4.69, 9.17) is 5.41 Å². The van der Waals surface area contributed by atoms with Crippen molar-refractivity contribution in [1.82, 2.24) is 0 Å². The second kappa shape index (κ2) is 51.7. The van der Waals surface area contributed by atoms with Crippen LogP contribution in [0.1, 0.15) is 4.28 Å². The first kappa shape index (κ1) is 21.9. The third kappa shape index (κ3) is 15.2. The van der Waals surface area contributed by atoms with Crippen molar-refractivity contribution in [1.29, 1.82) is 5.41 Å². The van der Waals surface area contributed by atoms with Crippen LogP contribution in [-0.2, 0) is 0 Å². The minimum absolute atomic E-state index is 0. The molecule has 4 heavy (non-hydrogen) atoms. The van der Waals surface area contributed by atoms with Gasteiger partial charge in [-0.1, -0.05) is 0 Å². The molecule has 0 bridgehead atoms. The molecule has 0 spiro atoms. The summed E-state index contributed by atoms with van der Waals surface area (Å²) in [5, 5.41) is 5.50. The molecular weight excluding hydrogens is 59.8 g/mol. The van der Waals surface area contributed by atoms with Gasteiger partial charge in [0.05, 0.1) is 0 Å². The molecule has 0 rings (SSSR count). The number of rotatable bonds is 0. The van der Waals surface area contributed by atoms with Crippen LogP contribution < -0.4 is 0 Å². The summed E-state index contributed by atoms with van der Waals surface area (Å²) in [5.74, 6) is 0. The number of hydrogen-bond donors (Lipinski definition) is 1. The van der Waals surface area contributed by atoms with Gasteiger partial charge in [0.1, 0.15) is 0 Å². The van der Waals surface area contributed by atoms with E-state index in [0.29, 0.717) is 0 Å². The van der Waals surface area contributed by atoms with Crippen LogP contribution in [0.15, 0.2) is 0 Å². The molecule has 0 unspecified atom stereocenters. The molecule has 0 fully saturated rings. The molecule has 1 radical (unpaired) electrons. The monoisotopic (exact) mass is 66.0 g/mol. The largest absolute Gasteiger partial charge is 3.00 e. The van der Waals surface area contributed by atoms with E-state index in [2.05, 4.69) is 6.72 Å². The smallest absolute Gasteiger partial charge is 1.00 e. The third-order valence-corrected chi connectivity index (χ3v) is 0. The molecule has 0 saturated carbocycles. The Kier molecular flexibility index (Phi) is 284. The summed E-state index contributed by atoms with van der Waals surface area (Å²) >= 11 is 0. The SMILES string of the molecule is C=N.[B+3].[H-].[H-].[H-].[Na]. The molecule has 0 amide bonds. The minimum Gasteiger partial charge on any atom is -1.00 e. The molecule has 0 aliphatic rings. The van der Waals surface area contributed by atoms with Gasteiger partial charge in [-0.25, -0.2) is 0 Å². The van der Waals surface area contributed by atoms with E-state index in [1.54, 1.807) is 0 Å². The van der Waals surface area contributed by atoms with E-state index < -0.39 is 0 Å². The Labute approximate surface area is 54.6 Å². The van der Waals surface area contributed by atoms with Crippen molar-refractivity contribution < 1.29 is 4.28 Å². The molecule has 0 heterocycles. The summed E-state index contributed by atoms with van der Waals surface area (Å²) in [6.45, 7) is 2.50. The van der Waals surface area contributed by atoms with Crippen LogP contribution in [0.3, 0.4) is 0 Å². The standard InChI is InChI=1S/CH3N.B.Na.3H/c1-2;;;;;/h2H,1H2;;;;;/q;+3;;3*-1. The Hall–Kier alpha value is 0.735. The average Bonchev–Trinajstić information content (AvgIpc) is 1.00. The van der Waals surface area contributed by atoms with Gasteiger partial charge < -0.3 is 9.69 Å². The van der Waals surface area contributed by atoms with Gasteiger partial charge >= 0.3 is 8.41 Å². The summed E-state index contributed by atoms with van der Waals surface area (Å²) in [7, 11) is 0. The maximum absolute atomic E-state index is 5.50. The molecule has 1 nitrogen and oxygen atoms in total. The predicted octanol–water partition coefficient (Wildman–Crippen LogP) is -0.158. The molecule has 3 heteroatoms. The van der Waals surface area contributed by atoms with Crippen LogP contribution in [0.2, 0.25) is 0 Å². The van der Waals surface area contributed by atoms with Crippen molar-refractivity contribution in [3.8, 4) is 0 Å². The molecule has 0 aromatic carbocycles. The van der Waals surface area contributed by atoms with E-state index in [9.17, 15) is 0 Å². The Morgan fingerprint density at radius 3 is 1.50 bits per heavy atom. The minimum atomic E-state index is 0. The van der Waals surface area contributed by atoms with E-state index >= 15 is 0 Å². The van der Waals surface area contributed by atoms with Crippen LogP contribution in [0.25, 0.3) is 0 Å². The third-order valence-electron chi connectivity index (χ3n) is 0. The Balaban J connectivity index is -0.000000000500. The maximum atomic E-state index is 5.50. The molecule has 0 aliphatic carbocycles. The van der Waals surface area contributed by atoms with E-state index in [1.165, 1.54) is 0 Å². The Morgan fingerprint density at radius 1 is 1.50 bits per heavy atom. The fraction of sp³-hybridized carbons (Fsp3) is 0. The quantitative estimate of drug-likeness (QED) is 0.300. The molecular formula is CH6BNNa. The summed E-state index contributed by atoms with van der Waals surface area (Å²) in [5.41, 5.74) is 0. The molecule has 1 N–H and O–H groups in total. The van der Waals surface area contributed by atoms with Gasteiger partial charge in [-0.3, -0.25) is 0 Å². The van der Waals surface area contributed by atoms with E-state index in [0.717, 1.165) is 0 Å². The van der Waals surface area contributed by atoms with Gasteiger partial charge in [0, 0.05) is 29.6 Å². The van der Waals surface area contributed by atoms with Gasteiger partial charge in [-0.05, 0) is 6.72 Å². The number of nitrogens with one attached hydrogen (secondary N) is 1. The molecule has 0 aliphatic heterocycles. The second-order valence-electron chi connectivity index (χ2n) is 0. The Morgan fingerprint density at radius 2 is 1.50 bits per heavy atom. The fourth-order valence-corrected chi connectivity index (χ4v) is 0. The van der Waals surface area contributed by atoms with Gasteiger partial charge in [-0.15, -0.1) is 0 Å². The average molecular weight is 65.9 g/mol. The first-order valence-electron chi connectivity index (χ1n) is 0.354. The van der Waals surface area contributed by atoms with Crippen LogP contribution >= 0.6 is 0 Å². The van der Waals surface area contributed by atoms with Crippen molar-refractivity contribution >= 4 is 44.7 Å². The summed E-state index contributed by atoms with van der Waals surface area (Å²) in [6, 6.07) is 0.